The van der Waals surface area contributed by atoms with Crippen molar-refractivity contribution in [3.05, 3.63) is 70.8 Å². The van der Waals surface area contributed by atoms with Crippen LogP contribution in [-0.2, 0) is 20.7 Å². The van der Waals surface area contributed by atoms with E-state index in [0.717, 1.165) is 0 Å². The molecule has 2 aliphatic heterocycles. The molecule has 9 atom stereocenters. The smallest absolute Gasteiger partial charge is 0.147 e. The molecule has 10 heteroatoms. The SMILES string of the molecule is [2H]C(O)C1(c2cccc(C#Cc3ccccc3)c2C2(CO)O[C@H](CO)[C@@H](O)[C@@H]2O)O[C@H](CO)[C@@H](O)[C@@H]1O. The summed E-state index contributed by atoms with van der Waals surface area (Å²) in [6.45, 7) is -4.61. The summed E-state index contributed by atoms with van der Waals surface area (Å²) in [6, 6.07) is 13.1. The van der Waals surface area contributed by atoms with E-state index in [9.17, 15) is 40.9 Å². The maximum Gasteiger partial charge on any atom is 0.147 e. The fraction of sp³-hybridized carbons (Fsp3) is 0.462. The number of ether oxygens (including phenoxy) is 2. The van der Waals surface area contributed by atoms with Crippen LogP contribution in [0.25, 0.3) is 0 Å². The zero-order chi connectivity index (χ0) is 27.0. The summed E-state index contributed by atoms with van der Waals surface area (Å²) in [6.07, 6.45) is -9.77. The van der Waals surface area contributed by atoms with Gasteiger partial charge in [-0.25, -0.2) is 0 Å². The molecule has 2 aromatic rings. The van der Waals surface area contributed by atoms with Crippen LogP contribution >= 0.6 is 0 Å². The van der Waals surface area contributed by atoms with E-state index in [1.54, 1.807) is 30.3 Å². The van der Waals surface area contributed by atoms with Crippen molar-refractivity contribution in [1.82, 2.24) is 0 Å². The quantitative estimate of drug-likeness (QED) is 0.200. The van der Waals surface area contributed by atoms with E-state index < -0.39 is 74.2 Å². The first-order valence-electron chi connectivity index (χ1n) is 12.0. The van der Waals surface area contributed by atoms with Crippen molar-refractivity contribution in [3.8, 4) is 11.8 Å². The summed E-state index contributed by atoms with van der Waals surface area (Å²) in [5, 5.41) is 83.7. The van der Waals surface area contributed by atoms with Crippen LogP contribution in [0.2, 0.25) is 0 Å². The molecular formula is C26H30O10. The molecule has 194 valence electrons. The van der Waals surface area contributed by atoms with Gasteiger partial charge >= 0.3 is 0 Å². The largest absolute Gasteiger partial charge is 0.394 e. The van der Waals surface area contributed by atoms with Gasteiger partial charge in [0.2, 0.25) is 0 Å². The van der Waals surface area contributed by atoms with Crippen molar-refractivity contribution in [3.63, 3.8) is 0 Å². The van der Waals surface area contributed by atoms with Gasteiger partial charge in [0.1, 0.15) is 47.8 Å². The van der Waals surface area contributed by atoms with Crippen LogP contribution in [0.4, 0.5) is 0 Å². The number of hydrogen-bond donors (Lipinski definition) is 8. The topological polar surface area (TPSA) is 180 Å². The lowest BCUT2D eigenvalue weighted by Crippen LogP contribution is -2.49. The van der Waals surface area contributed by atoms with Crippen molar-refractivity contribution in [2.45, 2.75) is 47.8 Å². The van der Waals surface area contributed by atoms with E-state index in [0.29, 0.717) is 5.56 Å². The third-order valence-electron chi connectivity index (χ3n) is 6.84. The van der Waals surface area contributed by atoms with Crippen molar-refractivity contribution < 1.29 is 51.7 Å². The zero-order valence-corrected chi connectivity index (χ0v) is 19.2. The summed E-state index contributed by atoms with van der Waals surface area (Å²) in [4.78, 5) is 0. The second kappa shape index (κ2) is 10.5. The summed E-state index contributed by atoms with van der Waals surface area (Å²) < 4.78 is 19.8. The van der Waals surface area contributed by atoms with Gasteiger partial charge in [-0.3, -0.25) is 0 Å². The highest BCUT2D eigenvalue weighted by molar-refractivity contribution is 5.55. The molecule has 0 saturated carbocycles. The van der Waals surface area contributed by atoms with Crippen LogP contribution < -0.4 is 0 Å². The molecule has 2 fully saturated rings. The van der Waals surface area contributed by atoms with Crippen LogP contribution in [0.3, 0.4) is 0 Å². The van der Waals surface area contributed by atoms with E-state index in [-0.39, 0.29) is 16.7 Å². The Kier molecular flexibility index (Phi) is 7.39. The third-order valence-corrected chi connectivity index (χ3v) is 6.84. The van der Waals surface area contributed by atoms with Gasteiger partial charge in [0.15, 0.2) is 0 Å². The van der Waals surface area contributed by atoms with Gasteiger partial charge in [-0.1, -0.05) is 42.2 Å². The van der Waals surface area contributed by atoms with Gasteiger partial charge in [0.05, 0.1) is 27.8 Å². The van der Waals surface area contributed by atoms with E-state index in [2.05, 4.69) is 11.8 Å². The molecule has 0 aromatic heterocycles. The Morgan fingerprint density at radius 3 is 1.86 bits per heavy atom. The Balaban J connectivity index is 2.03. The minimum absolute atomic E-state index is 0.123. The third kappa shape index (κ3) is 4.13. The van der Waals surface area contributed by atoms with Crippen LogP contribution in [0.5, 0.6) is 0 Å². The number of aliphatic hydroxyl groups is 8. The second-order valence-corrected chi connectivity index (χ2v) is 8.86. The number of hydrogen-bond acceptors (Lipinski definition) is 10. The zero-order valence-electron chi connectivity index (χ0n) is 20.2. The first kappa shape index (κ1) is 25.3. The molecule has 0 bridgehead atoms. The van der Waals surface area contributed by atoms with Crippen LogP contribution in [-0.4, -0.2) is 104 Å². The van der Waals surface area contributed by atoms with Gasteiger partial charge in [-0.2, -0.15) is 0 Å². The lowest BCUT2D eigenvalue weighted by Gasteiger charge is -2.39. The highest BCUT2D eigenvalue weighted by Gasteiger charge is 2.61. The molecule has 10 nitrogen and oxygen atoms in total. The van der Waals surface area contributed by atoms with Crippen LogP contribution in [0, 0.1) is 11.8 Å². The summed E-state index contributed by atoms with van der Waals surface area (Å²) >= 11 is 0. The Bertz CT molecular complexity index is 1150. The molecule has 2 aliphatic rings. The van der Waals surface area contributed by atoms with Crippen molar-refractivity contribution >= 4 is 0 Å². The van der Waals surface area contributed by atoms with Gasteiger partial charge in [-0.05, 0) is 23.8 Å². The molecule has 0 radical (unpaired) electrons. The normalized spacial score (nSPS) is 37.3. The second-order valence-electron chi connectivity index (χ2n) is 8.86. The van der Waals surface area contributed by atoms with Gasteiger partial charge in [0, 0.05) is 16.7 Å². The highest BCUT2D eigenvalue weighted by Crippen LogP contribution is 2.49. The molecular weight excluding hydrogens is 472 g/mol. The molecule has 0 amide bonds. The predicted octanol–water partition coefficient (Wildman–Crippen LogP) is -2.31. The molecule has 2 saturated heterocycles. The standard InChI is InChI=1S/C26H30O10/c27-11-18-21(31)23(33)25(13-29,35-18)17-8-4-7-16(10-9-15-5-2-1-3-6-15)20(17)26(14-30)24(34)22(32)19(12-28)36-26/h1-8,18-19,21-24,27-34H,11-14H2/t18-,19-,21-,22-,23+,24+,25?,26?/m1/s1/i13D/t13?,18-,19-,21-,22-,23+,24+,25?,26?. The molecule has 2 heterocycles. The van der Waals surface area contributed by atoms with E-state index >= 15 is 0 Å². The Morgan fingerprint density at radius 1 is 0.750 bits per heavy atom. The molecule has 3 unspecified atom stereocenters. The maximum atomic E-state index is 11.1. The first-order chi connectivity index (χ1) is 17.7. The Labute approximate surface area is 209 Å². The van der Waals surface area contributed by atoms with Gasteiger partial charge in [-0.15, -0.1) is 0 Å². The minimum atomic E-state index is -2.37. The fourth-order valence-corrected chi connectivity index (χ4v) is 4.94. The lowest BCUT2D eigenvalue weighted by atomic mass is 9.75. The van der Waals surface area contributed by atoms with Crippen molar-refractivity contribution in [1.29, 1.82) is 0 Å². The molecule has 0 spiro atoms. The number of rotatable bonds is 6. The average Bonchev–Trinajstić information content (AvgIpc) is 3.33. The molecule has 0 aliphatic carbocycles. The molecule has 36 heavy (non-hydrogen) atoms. The molecule has 2 aromatic carbocycles. The minimum Gasteiger partial charge on any atom is -0.394 e. The maximum absolute atomic E-state index is 11.1. The summed E-state index contributed by atoms with van der Waals surface area (Å²) in [7, 11) is 0. The number of benzene rings is 2. The van der Waals surface area contributed by atoms with E-state index in [1.165, 1.54) is 18.2 Å². The summed E-state index contributed by atoms with van der Waals surface area (Å²) in [5.74, 6) is 5.85. The predicted molar refractivity (Wildman–Crippen MR) is 124 cm³/mol. The van der Waals surface area contributed by atoms with Gasteiger partial charge in [0.25, 0.3) is 0 Å². The lowest BCUT2D eigenvalue weighted by molar-refractivity contribution is -0.140. The van der Waals surface area contributed by atoms with E-state index in [1.807, 2.05) is 0 Å². The highest BCUT2D eigenvalue weighted by atomic mass is 16.6. The number of aliphatic hydroxyl groups excluding tert-OH is 8. The van der Waals surface area contributed by atoms with Crippen LogP contribution in [0.15, 0.2) is 48.5 Å². The first-order valence-corrected chi connectivity index (χ1v) is 11.4. The van der Waals surface area contributed by atoms with Crippen molar-refractivity contribution in [2.24, 2.45) is 0 Å². The Hall–Kier alpha value is -2.40. The Morgan fingerprint density at radius 2 is 1.33 bits per heavy atom. The molecule has 4 rings (SSSR count). The van der Waals surface area contributed by atoms with E-state index in [4.69, 9.17) is 10.8 Å². The summed E-state index contributed by atoms with van der Waals surface area (Å²) in [5.41, 5.74) is -4.08. The van der Waals surface area contributed by atoms with Crippen molar-refractivity contribution in [2.75, 3.05) is 26.4 Å². The average molecular weight is 504 g/mol. The van der Waals surface area contributed by atoms with Gasteiger partial charge < -0.3 is 50.3 Å². The fourth-order valence-electron chi connectivity index (χ4n) is 4.94. The van der Waals surface area contributed by atoms with Crippen LogP contribution in [0.1, 0.15) is 23.6 Å². The monoisotopic (exact) mass is 503 g/mol. The molecule has 8 N–H and O–H groups in total.